The van der Waals surface area contributed by atoms with E-state index in [2.05, 4.69) is 22.9 Å². The summed E-state index contributed by atoms with van der Waals surface area (Å²) in [4.78, 5) is 18.7. The fourth-order valence-electron chi connectivity index (χ4n) is 3.10. The quantitative estimate of drug-likeness (QED) is 0.583. The second-order valence-corrected chi connectivity index (χ2v) is 6.20. The van der Waals surface area contributed by atoms with Crippen LogP contribution in [0.25, 0.3) is 0 Å². The van der Waals surface area contributed by atoms with Crippen LogP contribution in [0.1, 0.15) is 32.1 Å². The largest absolute Gasteiger partial charge is 0.376 e. The summed E-state index contributed by atoms with van der Waals surface area (Å²) in [6.45, 7) is 3.94. The highest BCUT2D eigenvalue weighted by Gasteiger charge is 2.26. The Morgan fingerprint density at radius 1 is 1.19 bits per heavy atom. The molecule has 2 heterocycles. The second-order valence-electron chi connectivity index (χ2n) is 6.20. The van der Waals surface area contributed by atoms with Gasteiger partial charge in [0.05, 0.1) is 0 Å². The summed E-state index contributed by atoms with van der Waals surface area (Å²) < 4.78 is 0. The number of carbonyl (C=O) groups excluding carboxylic acids is 1. The van der Waals surface area contributed by atoms with Crippen LogP contribution in [0.4, 0.5) is 0 Å². The van der Waals surface area contributed by atoms with E-state index in [0.29, 0.717) is 0 Å². The van der Waals surface area contributed by atoms with E-state index in [1.165, 1.54) is 6.42 Å². The summed E-state index contributed by atoms with van der Waals surface area (Å²) in [5, 5.41) is 9.32. The fourth-order valence-corrected chi connectivity index (χ4v) is 3.10. The number of carbonyl (C=O) groups is 1. The average Bonchev–Trinajstić information content (AvgIpc) is 2.53. The first-order valence-electron chi connectivity index (χ1n) is 7.93. The molecule has 0 aromatic heterocycles. The van der Waals surface area contributed by atoms with Crippen LogP contribution < -0.4 is 0 Å². The van der Waals surface area contributed by atoms with Gasteiger partial charge in [-0.15, -0.1) is 0 Å². The molecule has 1 amide bonds. The molecule has 2 fully saturated rings. The molecule has 21 heavy (non-hydrogen) atoms. The van der Waals surface area contributed by atoms with E-state index in [9.17, 15) is 10.1 Å². The highest BCUT2D eigenvalue weighted by molar-refractivity contribution is 5.97. The first-order chi connectivity index (χ1) is 10.1. The number of amides is 1. The zero-order chi connectivity index (χ0) is 15.2. The molecule has 5 heteroatoms. The Kier molecular flexibility index (Phi) is 5.63. The molecule has 0 aromatic carbocycles. The van der Waals surface area contributed by atoms with Crippen molar-refractivity contribution >= 4 is 5.91 Å². The van der Waals surface area contributed by atoms with Crippen molar-refractivity contribution in [2.45, 2.75) is 38.1 Å². The standard InChI is InChI=1S/C16H26N4O/c1-18-10-6-15(7-11-18)19(2)16(21)14(12-17)13-20-8-4-3-5-9-20/h13,15H,3-11H2,1-2H3/b14-13-. The summed E-state index contributed by atoms with van der Waals surface area (Å²) in [5.74, 6) is -0.127. The number of rotatable bonds is 3. The summed E-state index contributed by atoms with van der Waals surface area (Å²) in [6.07, 6.45) is 7.29. The molecule has 0 N–H and O–H groups in total. The molecule has 0 atom stereocenters. The lowest BCUT2D eigenvalue weighted by atomic mass is 10.0. The van der Waals surface area contributed by atoms with Crippen LogP contribution in [0.5, 0.6) is 0 Å². The topological polar surface area (TPSA) is 50.6 Å². The fraction of sp³-hybridized carbons (Fsp3) is 0.750. The molecule has 0 unspecified atom stereocenters. The van der Waals surface area contributed by atoms with Gasteiger partial charge in [-0.2, -0.15) is 5.26 Å². The minimum absolute atomic E-state index is 0.127. The van der Waals surface area contributed by atoms with E-state index in [-0.39, 0.29) is 17.5 Å². The minimum atomic E-state index is -0.127. The highest BCUT2D eigenvalue weighted by atomic mass is 16.2. The summed E-state index contributed by atoms with van der Waals surface area (Å²) in [5.41, 5.74) is 0.276. The van der Waals surface area contributed by atoms with E-state index < -0.39 is 0 Å². The van der Waals surface area contributed by atoms with Crippen molar-refractivity contribution in [2.24, 2.45) is 0 Å². The van der Waals surface area contributed by atoms with Crippen molar-refractivity contribution < 1.29 is 4.79 Å². The van der Waals surface area contributed by atoms with Gasteiger partial charge in [0.1, 0.15) is 11.6 Å². The normalized spacial score (nSPS) is 22.0. The molecule has 0 spiro atoms. The Morgan fingerprint density at radius 3 is 2.38 bits per heavy atom. The predicted molar refractivity (Wildman–Crippen MR) is 82.4 cm³/mol. The van der Waals surface area contributed by atoms with Gasteiger partial charge in [-0.1, -0.05) is 0 Å². The van der Waals surface area contributed by atoms with Crippen molar-refractivity contribution in [3.63, 3.8) is 0 Å². The van der Waals surface area contributed by atoms with Crippen molar-refractivity contribution in [1.82, 2.24) is 14.7 Å². The van der Waals surface area contributed by atoms with Gasteiger partial charge in [-0.05, 0) is 52.2 Å². The number of nitriles is 1. The highest BCUT2D eigenvalue weighted by Crippen LogP contribution is 2.17. The minimum Gasteiger partial charge on any atom is -0.376 e. The third-order valence-electron chi connectivity index (χ3n) is 4.61. The number of hydrogen-bond acceptors (Lipinski definition) is 4. The maximum Gasteiger partial charge on any atom is 0.265 e. The monoisotopic (exact) mass is 290 g/mol. The number of likely N-dealkylation sites (tertiary alicyclic amines) is 2. The Labute approximate surface area is 127 Å². The van der Waals surface area contributed by atoms with Gasteiger partial charge in [0.15, 0.2) is 0 Å². The molecule has 0 saturated carbocycles. The van der Waals surface area contributed by atoms with Crippen LogP contribution in [-0.4, -0.2) is 66.9 Å². The van der Waals surface area contributed by atoms with E-state index >= 15 is 0 Å². The van der Waals surface area contributed by atoms with Crippen molar-refractivity contribution in [2.75, 3.05) is 40.3 Å². The molecule has 5 nitrogen and oxygen atoms in total. The molecular formula is C16H26N4O. The van der Waals surface area contributed by atoms with Crippen LogP contribution in [0, 0.1) is 11.3 Å². The molecule has 2 saturated heterocycles. The summed E-state index contributed by atoms with van der Waals surface area (Å²) in [6, 6.07) is 2.35. The predicted octanol–water partition coefficient (Wildman–Crippen LogP) is 1.43. The third-order valence-corrected chi connectivity index (χ3v) is 4.61. The number of hydrogen-bond donors (Lipinski definition) is 0. The lowest BCUT2D eigenvalue weighted by Crippen LogP contribution is -2.45. The van der Waals surface area contributed by atoms with Crippen LogP contribution in [0.3, 0.4) is 0 Å². The maximum absolute atomic E-state index is 12.5. The zero-order valence-corrected chi connectivity index (χ0v) is 13.2. The van der Waals surface area contributed by atoms with Crippen LogP contribution >= 0.6 is 0 Å². The number of likely N-dealkylation sites (N-methyl/N-ethyl adjacent to an activating group) is 1. The van der Waals surface area contributed by atoms with Crippen molar-refractivity contribution in [3.8, 4) is 6.07 Å². The lowest BCUT2D eigenvalue weighted by molar-refractivity contribution is -0.128. The summed E-state index contributed by atoms with van der Waals surface area (Å²) >= 11 is 0. The molecule has 0 bridgehead atoms. The molecule has 2 aliphatic rings. The molecule has 0 radical (unpaired) electrons. The first-order valence-corrected chi connectivity index (χ1v) is 7.93. The van der Waals surface area contributed by atoms with Gasteiger partial charge in [0, 0.05) is 32.4 Å². The van der Waals surface area contributed by atoms with Crippen LogP contribution in [0.15, 0.2) is 11.8 Å². The van der Waals surface area contributed by atoms with Gasteiger partial charge in [-0.25, -0.2) is 0 Å². The Hall–Kier alpha value is -1.54. The van der Waals surface area contributed by atoms with Gasteiger partial charge in [0.2, 0.25) is 0 Å². The Balaban J connectivity index is 1.98. The van der Waals surface area contributed by atoms with E-state index in [4.69, 9.17) is 0 Å². The molecular weight excluding hydrogens is 264 g/mol. The zero-order valence-electron chi connectivity index (χ0n) is 13.2. The van der Waals surface area contributed by atoms with E-state index in [0.717, 1.165) is 51.9 Å². The maximum atomic E-state index is 12.5. The Morgan fingerprint density at radius 2 is 1.81 bits per heavy atom. The SMILES string of the molecule is CN1CCC(N(C)C(=O)/C(C#N)=C\N2CCCCC2)CC1. The van der Waals surface area contributed by atoms with Crippen LogP contribution in [0.2, 0.25) is 0 Å². The van der Waals surface area contributed by atoms with Crippen molar-refractivity contribution in [1.29, 1.82) is 5.26 Å². The molecule has 116 valence electrons. The van der Waals surface area contributed by atoms with Gasteiger partial charge < -0.3 is 14.7 Å². The van der Waals surface area contributed by atoms with Crippen LogP contribution in [-0.2, 0) is 4.79 Å². The smallest absolute Gasteiger partial charge is 0.265 e. The number of nitrogens with zero attached hydrogens (tertiary/aromatic N) is 4. The van der Waals surface area contributed by atoms with Gasteiger partial charge >= 0.3 is 0 Å². The summed E-state index contributed by atoms with van der Waals surface area (Å²) in [7, 11) is 3.94. The second kappa shape index (κ2) is 7.46. The average molecular weight is 290 g/mol. The Bertz CT molecular complexity index is 426. The van der Waals surface area contributed by atoms with Gasteiger partial charge in [0.25, 0.3) is 5.91 Å². The van der Waals surface area contributed by atoms with Gasteiger partial charge in [-0.3, -0.25) is 4.79 Å². The van der Waals surface area contributed by atoms with E-state index in [1.807, 2.05) is 7.05 Å². The molecule has 0 aliphatic carbocycles. The molecule has 0 aromatic rings. The van der Waals surface area contributed by atoms with E-state index in [1.54, 1.807) is 11.1 Å². The molecule has 2 rings (SSSR count). The number of piperidine rings is 2. The first kappa shape index (κ1) is 15.8. The lowest BCUT2D eigenvalue weighted by Gasteiger charge is -2.35. The third kappa shape index (κ3) is 4.21. The molecule has 2 aliphatic heterocycles. The van der Waals surface area contributed by atoms with Crippen molar-refractivity contribution in [3.05, 3.63) is 11.8 Å².